The second kappa shape index (κ2) is 6.68. The molecule has 0 amide bonds. The molecular formula is C13H19N3OS. The highest BCUT2D eigenvalue weighted by Crippen LogP contribution is 2.15. The minimum Gasteiger partial charge on any atom is -0.387 e. The van der Waals surface area contributed by atoms with E-state index in [-0.39, 0.29) is 0 Å². The summed E-state index contributed by atoms with van der Waals surface area (Å²) < 4.78 is 2.00. The van der Waals surface area contributed by atoms with Gasteiger partial charge in [-0.15, -0.1) is 0 Å². The Bertz CT molecular complexity index is 453. The lowest BCUT2D eigenvalue weighted by molar-refractivity contribution is 0.174. The number of nitrogens with one attached hydrogen (secondary N) is 1. The molecule has 1 atom stereocenters. The molecule has 2 rings (SSSR count). The van der Waals surface area contributed by atoms with Crippen LogP contribution in [0.15, 0.2) is 29.1 Å². The van der Waals surface area contributed by atoms with Crippen molar-refractivity contribution in [3.63, 3.8) is 0 Å². The molecule has 0 aromatic carbocycles. The van der Waals surface area contributed by atoms with Gasteiger partial charge in [-0.1, -0.05) is 6.92 Å². The van der Waals surface area contributed by atoms with E-state index >= 15 is 0 Å². The molecule has 0 radical (unpaired) electrons. The van der Waals surface area contributed by atoms with E-state index < -0.39 is 6.10 Å². The predicted octanol–water partition coefficient (Wildman–Crippen LogP) is 2.18. The van der Waals surface area contributed by atoms with Crippen molar-refractivity contribution in [1.82, 2.24) is 15.1 Å². The van der Waals surface area contributed by atoms with Crippen LogP contribution < -0.4 is 5.32 Å². The monoisotopic (exact) mass is 265 g/mol. The number of hydrogen-bond donors (Lipinski definition) is 2. The third-order valence-corrected chi connectivity index (χ3v) is 3.51. The van der Waals surface area contributed by atoms with Gasteiger partial charge < -0.3 is 10.4 Å². The van der Waals surface area contributed by atoms with Crippen LogP contribution in [0.1, 0.15) is 30.7 Å². The molecule has 0 fully saturated rings. The Morgan fingerprint density at radius 3 is 3.11 bits per heavy atom. The van der Waals surface area contributed by atoms with Gasteiger partial charge in [-0.25, -0.2) is 0 Å². The van der Waals surface area contributed by atoms with E-state index in [4.69, 9.17) is 0 Å². The second-order valence-electron chi connectivity index (χ2n) is 4.25. The fourth-order valence-electron chi connectivity index (χ4n) is 1.84. The van der Waals surface area contributed by atoms with Crippen LogP contribution in [0, 0.1) is 0 Å². The number of aliphatic hydroxyl groups excluding tert-OH is 1. The molecule has 0 aliphatic carbocycles. The van der Waals surface area contributed by atoms with Gasteiger partial charge in [0.05, 0.1) is 11.8 Å². The molecule has 0 aliphatic heterocycles. The van der Waals surface area contributed by atoms with Crippen molar-refractivity contribution in [2.45, 2.75) is 32.5 Å². The van der Waals surface area contributed by atoms with E-state index in [1.54, 1.807) is 11.3 Å². The van der Waals surface area contributed by atoms with Crippen molar-refractivity contribution in [1.29, 1.82) is 0 Å². The van der Waals surface area contributed by atoms with Crippen molar-refractivity contribution >= 4 is 11.3 Å². The standard InChI is InChI=1S/C13H19N3OS/c1-2-6-16-12(3-5-15-16)8-14-9-13(17)11-4-7-18-10-11/h3-5,7,10,13-14,17H,2,6,8-9H2,1H3. The van der Waals surface area contributed by atoms with Crippen LogP contribution in [0.3, 0.4) is 0 Å². The zero-order valence-electron chi connectivity index (χ0n) is 10.5. The summed E-state index contributed by atoms with van der Waals surface area (Å²) in [6.07, 6.45) is 2.47. The molecule has 4 nitrogen and oxygen atoms in total. The van der Waals surface area contributed by atoms with Crippen LogP contribution in [0.5, 0.6) is 0 Å². The third-order valence-electron chi connectivity index (χ3n) is 2.81. The first kappa shape index (κ1) is 13.3. The summed E-state index contributed by atoms with van der Waals surface area (Å²) in [5.41, 5.74) is 2.14. The fraction of sp³-hybridized carbons (Fsp3) is 0.462. The van der Waals surface area contributed by atoms with Crippen LogP contribution in [-0.4, -0.2) is 21.4 Å². The number of rotatable bonds is 7. The molecule has 2 heterocycles. The third kappa shape index (κ3) is 3.41. The fourth-order valence-corrected chi connectivity index (χ4v) is 2.55. The lowest BCUT2D eigenvalue weighted by Gasteiger charge is -2.11. The van der Waals surface area contributed by atoms with E-state index in [0.29, 0.717) is 6.54 Å². The lowest BCUT2D eigenvalue weighted by atomic mass is 10.2. The van der Waals surface area contributed by atoms with Crippen LogP contribution in [0.2, 0.25) is 0 Å². The summed E-state index contributed by atoms with van der Waals surface area (Å²) in [4.78, 5) is 0. The molecule has 0 saturated heterocycles. The van der Waals surface area contributed by atoms with E-state index in [0.717, 1.165) is 30.8 Å². The summed E-state index contributed by atoms with van der Waals surface area (Å²) in [6, 6.07) is 3.97. The molecule has 1 unspecified atom stereocenters. The average Bonchev–Trinajstić information content (AvgIpc) is 3.01. The SMILES string of the molecule is CCCn1nccc1CNCC(O)c1ccsc1. The van der Waals surface area contributed by atoms with Crippen LogP contribution >= 0.6 is 11.3 Å². The topological polar surface area (TPSA) is 50.1 Å². The van der Waals surface area contributed by atoms with Gasteiger partial charge in [0.25, 0.3) is 0 Å². The zero-order chi connectivity index (χ0) is 12.8. The highest BCUT2D eigenvalue weighted by atomic mass is 32.1. The number of hydrogen-bond acceptors (Lipinski definition) is 4. The van der Waals surface area contributed by atoms with Gasteiger partial charge in [-0.3, -0.25) is 4.68 Å². The van der Waals surface area contributed by atoms with E-state index in [1.165, 1.54) is 0 Å². The molecule has 2 aromatic heterocycles. The van der Waals surface area contributed by atoms with Gasteiger partial charge in [0.2, 0.25) is 0 Å². The Hall–Kier alpha value is -1.17. The Morgan fingerprint density at radius 1 is 1.50 bits per heavy atom. The molecule has 18 heavy (non-hydrogen) atoms. The van der Waals surface area contributed by atoms with Gasteiger partial charge in [0, 0.05) is 25.8 Å². The molecule has 2 N–H and O–H groups in total. The minimum absolute atomic E-state index is 0.432. The van der Waals surface area contributed by atoms with E-state index in [1.807, 2.05) is 33.8 Å². The molecule has 0 aliphatic rings. The number of thiophene rings is 1. The first-order chi connectivity index (χ1) is 8.81. The maximum Gasteiger partial charge on any atom is 0.0922 e. The number of aliphatic hydroxyl groups is 1. The number of aryl methyl sites for hydroxylation is 1. The Kier molecular flexibility index (Phi) is 4.92. The first-order valence-electron chi connectivity index (χ1n) is 6.23. The summed E-state index contributed by atoms with van der Waals surface area (Å²) in [7, 11) is 0. The zero-order valence-corrected chi connectivity index (χ0v) is 11.4. The number of nitrogens with zero attached hydrogens (tertiary/aromatic N) is 2. The maximum atomic E-state index is 9.93. The van der Waals surface area contributed by atoms with Crippen molar-refractivity contribution in [3.05, 3.63) is 40.3 Å². The molecule has 0 saturated carbocycles. The first-order valence-corrected chi connectivity index (χ1v) is 7.17. The van der Waals surface area contributed by atoms with Gasteiger partial charge in [-0.2, -0.15) is 16.4 Å². The Morgan fingerprint density at radius 2 is 2.39 bits per heavy atom. The van der Waals surface area contributed by atoms with Gasteiger partial charge in [-0.05, 0) is 34.9 Å². The average molecular weight is 265 g/mol. The van der Waals surface area contributed by atoms with Crippen LogP contribution in [0.4, 0.5) is 0 Å². The highest BCUT2D eigenvalue weighted by Gasteiger charge is 2.08. The highest BCUT2D eigenvalue weighted by molar-refractivity contribution is 7.07. The molecular weight excluding hydrogens is 246 g/mol. The summed E-state index contributed by atoms with van der Waals surface area (Å²) in [5.74, 6) is 0. The summed E-state index contributed by atoms with van der Waals surface area (Å²) >= 11 is 1.61. The van der Waals surface area contributed by atoms with E-state index in [9.17, 15) is 5.11 Å². The lowest BCUT2D eigenvalue weighted by Crippen LogP contribution is -2.22. The summed E-state index contributed by atoms with van der Waals surface area (Å²) in [5, 5.41) is 21.4. The van der Waals surface area contributed by atoms with Crippen molar-refractivity contribution in [2.24, 2.45) is 0 Å². The predicted molar refractivity (Wildman–Crippen MR) is 73.5 cm³/mol. The van der Waals surface area contributed by atoms with Crippen molar-refractivity contribution in [2.75, 3.05) is 6.54 Å². The Labute approximate surface area is 111 Å². The smallest absolute Gasteiger partial charge is 0.0922 e. The largest absolute Gasteiger partial charge is 0.387 e. The molecule has 98 valence electrons. The molecule has 5 heteroatoms. The van der Waals surface area contributed by atoms with Crippen molar-refractivity contribution < 1.29 is 5.11 Å². The van der Waals surface area contributed by atoms with Crippen LogP contribution in [-0.2, 0) is 13.1 Å². The van der Waals surface area contributed by atoms with Gasteiger partial charge in [0.1, 0.15) is 0 Å². The summed E-state index contributed by atoms with van der Waals surface area (Å²) in [6.45, 7) is 4.38. The maximum absolute atomic E-state index is 9.93. The van der Waals surface area contributed by atoms with Crippen molar-refractivity contribution in [3.8, 4) is 0 Å². The van der Waals surface area contributed by atoms with Gasteiger partial charge in [0.15, 0.2) is 0 Å². The second-order valence-corrected chi connectivity index (χ2v) is 5.03. The molecule has 0 spiro atoms. The van der Waals surface area contributed by atoms with E-state index in [2.05, 4.69) is 17.3 Å². The van der Waals surface area contributed by atoms with Crippen LogP contribution in [0.25, 0.3) is 0 Å². The normalized spacial score (nSPS) is 12.8. The minimum atomic E-state index is -0.432. The number of aromatic nitrogens is 2. The quantitative estimate of drug-likeness (QED) is 0.806. The Balaban J connectivity index is 1.79. The molecule has 2 aromatic rings. The van der Waals surface area contributed by atoms with Gasteiger partial charge >= 0.3 is 0 Å². The molecule has 0 bridgehead atoms.